The van der Waals surface area contributed by atoms with Gasteiger partial charge in [0.25, 0.3) is 0 Å². The minimum atomic E-state index is 0.318. The summed E-state index contributed by atoms with van der Waals surface area (Å²) >= 11 is 0. The van der Waals surface area contributed by atoms with Gasteiger partial charge in [-0.25, -0.2) is 0 Å². The van der Waals surface area contributed by atoms with Gasteiger partial charge in [0.2, 0.25) is 0 Å². The van der Waals surface area contributed by atoms with Crippen molar-refractivity contribution in [2.45, 2.75) is 13.8 Å². The minimum Gasteiger partial charge on any atom is -0.356 e. The highest BCUT2D eigenvalue weighted by atomic mass is 16.5. The molecule has 0 saturated carbocycles. The molecular formula is C12H13NO2. The van der Waals surface area contributed by atoms with Crippen molar-refractivity contribution in [1.82, 2.24) is 5.16 Å². The number of carbonyl (C=O) groups excluding carboxylic acids is 1. The second kappa shape index (κ2) is 5.75. The van der Waals surface area contributed by atoms with E-state index in [4.69, 9.17) is 4.52 Å². The van der Waals surface area contributed by atoms with Crippen molar-refractivity contribution < 1.29 is 9.32 Å². The third-order valence-corrected chi connectivity index (χ3v) is 1.71. The Hall–Kier alpha value is -1.90. The lowest BCUT2D eigenvalue weighted by Crippen LogP contribution is -1.73. The number of nitrogens with zero attached hydrogens (tertiary/aromatic N) is 1. The van der Waals surface area contributed by atoms with E-state index in [-0.39, 0.29) is 0 Å². The normalized spacial score (nSPS) is 8.93. The van der Waals surface area contributed by atoms with Crippen LogP contribution in [0.1, 0.15) is 24.3 Å². The topological polar surface area (TPSA) is 43.1 Å². The predicted molar refractivity (Wildman–Crippen MR) is 58.7 cm³/mol. The van der Waals surface area contributed by atoms with Gasteiger partial charge in [-0.1, -0.05) is 49.3 Å². The largest absolute Gasteiger partial charge is 0.356 e. The summed E-state index contributed by atoms with van der Waals surface area (Å²) in [4.78, 5) is 10.3. The first-order valence-corrected chi connectivity index (χ1v) is 4.87. The van der Waals surface area contributed by atoms with Crippen LogP contribution in [0.3, 0.4) is 0 Å². The van der Waals surface area contributed by atoms with E-state index in [1.54, 1.807) is 6.07 Å². The van der Waals surface area contributed by atoms with Crippen LogP contribution in [0.2, 0.25) is 0 Å². The number of aromatic nitrogens is 1. The average molecular weight is 203 g/mol. The summed E-state index contributed by atoms with van der Waals surface area (Å²) in [5.41, 5.74) is 1.24. The predicted octanol–water partition coefficient (Wildman–Crippen LogP) is 3.18. The molecule has 0 aliphatic heterocycles. The molecule has 0 aliphatic carbocycles. The van der Waals surface area contributed by atoms with Gasteiger partial charge in [0.15, 0.2) is 12.0 Å². The van der Waals surface area contributed by atoms with Gasteiger partial charge in [0.1, 0.15) is 5.69 Å². The Bertz CT molecular complexity index is 407. The molecule has 1 aromatic heterocycles. The fourth-order valence-electron chi connectivity index (χ4n) is 1.08. The Balaban J connectivity index is 0.000000531. The molecule has 0 unspecified atom stereocenters. The van der Waals surface area contributed by atoms with Crippen molar-refractivity contribution in [2.75, 3.05) is 0 Å². The Labute approximate surface area is 88.7 Å². The van der Waals surface area contributed by atoms with Crippen molar-refractivity contribution in [3.8, 4) is 11.3 Å². The number of carbonyl (C=O) groups is 1. The molecule has 0 spiro atoms. The molecule has 0 saturated heterocycles. The van der Waals surface area contributed by atoms with Gasteiger partial charge in [-0.2, -0.15) is 0 Å². The van der Waals surface area contributed by atoms with Crippen LogP contribution in [-0.2, 0) is 0 Å². The summed E-state index contributed by atoms with van der Waals surface area (Å²) in [6, 6.07) is 11.1. The first-order valence-electron chi connectivity index (χ1n) is 4.87. The van der Waals surface area contributed by atoms with Crippen LogP contribution in [0.25, 0.3) is 11.3 Å². The van der Waals surface area contributed by atoms with E-state index in [2.05, 4.69) is 5.16 Å². The molecule has 0 atom stereocenters. The number of hydrogen-bond acceptors (Lipinski definition) is 3. The molecule has 1 aromatic carbocycles. The number of benzene rings is 1. The van der Waals surface area contributed by atoms with E-state index in [0.717, 1.165) is 5.56 Å². The Morgan fingerprint density at radius 2 is 1.87 bits per heavy atom. The van der Waals surface area contributed by atoms with Gasteiger partial charge >= 0.3 is 0 Å². The summed E-state index contributed by atoms with van der Waals surface area (Å²) in [6.07, 6.45) is 0.663. The molecule has 3 nitrogen and oxygen atoms in total. The average Bonchev–Trinajstić information content (AvgIpc) is 2.81. The lowest BCUT2D eigenvalue weighted by atomic mass is 10.2. The first kappa shape index (κ1) is 11.2. The zero-order valence-corrected chi connectivity index (χ0v) is 8.81. The van der Waals surface area contributed by atoms with E-state index in [9.17, 15) is 4.79 Å². The van der Waals surface area contributed by atoms with Crippen LogP contribution in [0.4, 0.5) is 0 Å². The van der Waals surface area contributed by atoms with Crippen molar-refractivity contribution in [1.29, 1.82) is 0 Å². The molecule has 3 heteroatoms. The summed E-state index contributed by atoms with van der Waals surface area (Å²) < 4.78 is 4.96. The molecule has 0 N–H and O–H groups in total. The maximum absolute atomic E-state index is 10.3. The molecule has 0 radical (unpaired) electrons. The van der Waals surface area contributed by atoms with Crippen LogP contribution in [0.5, 0.6) is 0 Å². The van der Waals surface area contributed by atoms with E-state index in [1.165, 1.54) is 0 Å². The second-order valence-corrected chi connectivity index (χ2v) is 2.60. The lowest BCUT2D eigenvalue weighted by molar-refractivity contribution is 0.111. The Kier molecular flexibility index (Phi) is 4.29. The fourth-order valence-corrected chi connectivity index (χ4v) is 1.08. The van der Waals surface area contributed by atoms with Crippen LogP contribution < -0.4 is 0 Å². The molecule has 0 bridgehead atoms. The standard InChI is InChI=1S/C10H7NO2.C2H6/c12-7-9-6-10(13-11-9)8-4-2-1-3-5-8;1-2/h1-7H;1-2H3. The van der Waals surface area contributed by atoms with Crippen molar-refractivity contribution in [2.24, 2.45) is 0 Å². The number of hydrogen-bond donors (Lipinski definition) is 0. The van der Waals surface area contributed by atoms with Crippen molar-refractivity contribution in [3.63, 3.8) is 0 Å². The van der Waals surface area contributed by atoms with Crippen LogP contribution in [-0.4, -0.2) is 11.4 Å². The third kappa shape index (κ3) is 2.77. The third-order valence-electron chi connectivity index (χ3n) is 1.71. The van der Waals surface area contributed by atoms with Crippen molar-refractivity contribution >= 4 is 6.29 Å². The van der Waals surface area contributed by atoms with Gasteiger partial charge < -0.3 is 4.52 Å². The molecule has 15 heavy (non-hydrogen) atoms. The van der Waals surface area contributed by atoms with Crippen molar-refractivity contribution in [3.05, 3.63) is 42.1 Å². The highest BCUT2D eigenvalue weighted by Gasteiger charge is 2.03. The Morgan fingerprint density at radius 1 is 1.20 bits per heavy atom. The van der Waals surface area contributed by atoms with E-state index >= 15 is 0 Å². The molecule has 78 valence electrons. The molecule has 2 rings (SSSR count). The maximum atomic E-state index is 10.3. The van der Waals surface area contributed by atoms with E-state index in [1.807, 2.05) is 44.2 Å². The van der Waals surface area contributed by atoms with Gasteiger partial charge in [-0.3, -0.25) is 4.79 Å². The van der Waals surface area contributed by atoms with Crippen LogP contribution in [0.15, 0.2) is 40.9 Å². The summed E-state index contributed by atoms with van der Waals surface area (Å²) in [6.45, 7) is 4.00. The zero-order valence-electron chi connectivity index (χ0n) is 8.81. The quantitative estimate of drug-likeness (QED) is 0.704. The Morgan fingerprint density at radius 3 is 2.40 bits per heavy atom. The number of rotatable bonds is 2. The SMILES string of the molecule is CC.O=Cc1cc(-c2ccccc2)on1. The molecule has 2 aromatic rings. The summed E-state index contributed by atoms with van der Waals surface area (Å²) in [7, 11) is 0. The van der Waals surface area contributed by atoms with Gasteiger partial charge in [-0.15, -0.1) is 0 Å². The second-order valence-electron chi connectivity index (χ2n) is 2.60. The van der Waals surface area contributed by atoms with Gasteiger partial charge in [-0.05, 0) is 0 Å². The van der Waals surface area contributed by atoms with Gasteiger partial charge in [0, 0.05) is 11.6 Å². The minimum absolute atomic E-state index is 0.318. The first-order chi connectivity index (χ1) is 7.40. The molecule has 0 aliphatic rings. The lowest BCUT2D eigenvalue weighted by Gasteiger charge is -1.91. The summed E-state index contributed by atoms with van der Waals surface area (Å²) in [5, 5.41) is 3.57. The van der Waals surface area contributed by atoms with E-state index in [0.29, 0.717) is 17.7 Å². The molecule has 0 fully saturated rings. The van der Waals surface area contributed by atoms with E-state index < -0.39 is 0 Å². The van der Waals surface area contributed by atoms with Gasteiger partial charge in [0.05, 0.1) is 0 Å². The molecule has 0 amide bonds. The molecule has 1 heterocycles. The highest BCUT2D eigenvalue weighted by molar-refractivity contribution is 5.74. The summed E-state index contributed by atoms with van der Waals surface area (Å²) in [5.74, 6) is 0.614. The monoisotopic (exact) mass is 203 g/mol. The van der Waals surface area contributed by atoms with Crippen LogP contribution >= 0.6 is 0 Å². The number of aldehydes is 1. The highest BCUT2D eigenvalue weighted by Crippen LogP contribution is 2.18. The molecular weight excluding hydrogens is 190 g/mol. The smallest absolute Gasteiger partial charge is 0.171 e. The maximum Gasteiger partial charge on any atom is 0.171 e. The van der Waals surface area contributed by atoms with Crippen LogP contribution in [0, 0.1) is 0 Å². The zero-order chi connectivity index (χ0) is 11.1. The fraction of sp³-hybridized carbons (Fsp3) is 0.167.